The Morgan fingerprint density at radius 1 is 0.639 bits per heavy atom. The van der Waals surface area contributed by atoms with Gasteiger partial charge < -0.3 is 24.4 Å². The van der Waals surface area contributed by atoms with Gasteiger partial charge >= 0.3 is 0 Å². The lowest BCUT2D eigenvalue weighted by Gasteiger charge is -2.05. The average molecular weight is 487 g/mol. The lowest BCUT2D eigenvalue weighted by atomic mass is 10.0. The van der Waals surface area contributed by atoms with Gasteiger partial charge in [-0.15, -0.1) is 0 Å². The maximum atomic E-state index is 13.1. The van der Waals surface area contributed by atoms with Crippen LogP contribution >= 0.6 is 0 Å². The first-order valence-electron chi connectivity index (χ1n) is 10.9. The third-order valence-corrected chi connectivity index (χ3v) is 5.22. The van der Waals surface area contributed by atoms with E-state index in [2.05, 4.69) is 0 Å². The predicted octanol–water partition coefficient (Wildman–Crippen LogP) is 5.07. The molecule has 184 valence electrons. The number of carbonyl (C=O) groups excluding carboxylic acids is 2. The highest BCUT2D eigenvalue weighted by Gasteiger charge is 2.14. The quantitative estimate of drug-likeness (QED) is 0.234. The van der Waals surface area contributed by atoms with E-state index >= 15 is 0 Å². The summed E-state index contributed by atoms with van der Waals surface area (Å²) in [5, 5.41) is 19.5. The van der Waals surface area contributed by atoms with Crippen molar-refractivity contribution < 1.29 is 34.0 Å². The van der Waals surface area contributed by atoms with Crippen LogP contribution in [0.1, 0.15) is 16.7 Å². The summed E-state index contributed by atoms with van der Waals surface area (Å²) in [6, 6.07) is 16.2. The molecule has 0 aliphatic rings. The number of carbonyl (C=O) groups is 2. The first-order chi connectivity index (χ1) is 17.3. The molecular formula is C29H26O7. The van der Waals surface area contributed by atoms with E-state index in [-0.39, 0.29) is 28.6 Å². The van der Waals surface area contributed by atoms with E-state index in [0.29, 0.717) is 22.4 Å². The number of rotatable bonds is 10. The van der Waals surface area contributed by atoms with Crippen LogP contribution in [0.15, 0.2) is 78.4 Å². The second-order valence-electron chi connectivity index (χ2n) is 7.59. The van der Waals surface area contributed by atoms with Crippen molar-refractivity contribution in [2.24, 2.45) is 0 Å². The topological polar surface area (TPSA) is 102 Å². The average Bonchev–Trinajstić information content (AvgIpc) is 2.90. The van der Waals surface area contributed by atoms with Gasteiger partial charge in [-0.25, -0.2) is 0 Å². The fourth-order valence-corrected chi connectivity index (χ4v) is 3.25. The Kier molecular flexibility index (Phi) is 8.67. The molecule has 0 fully saturated rings. The summed E-state index contributed by atoms with van der Waals surface area (Å²) in [6.07, 6.45) is 7.16. The van der Waals surface area contributed by atoms with Crippen LogP contribution in [0.5, 0.6) is 28.7 Å². The van der Waals surface area contributed by atoms with E-state index < -0.39 is 11.6 Å². The van der Waals surface area contributed by atoms with Crippen LogP contribution in [-0.4, -0.2) is 43.1 Å². The normalized spacial score (nSPS) is 10.9. The molecule has 0 aromatic heterocycles. The second-order valence-corrected chi connectivity index (χ2v) is 7.59. The van der Waals surface area contributed by atoms with Crippen molar-refractivity contribution in [1.82, 2.24) is 0 Å². The van der Waals surface area contributed by atoms with Gasteiger partial charge in [0.25, 0.3) is 0 Å². The van der Waals surface area contributed by atoms with Gasteiger partial charge in [0.1, 0.15) is 5.75 Å². The van der Waals surface area contributed by atoms with Gasteiger partial charge in [0.15, 0.2) is 34.6 Å². The van der Waals surface area contributed by atoms with Crippen molar-refractivity contribution >= 4 is 29.8 Å². The number of hydrogen-bond acceptors (Lipinski definition) is 7. The van der Waals surface area contributed by atoms with Gasteiger partial charge in [-0.2, -0.15) is 0 Å². The minimum Gasteiger partial charge on any atom is -0.504 e. The van der Waals surface area contributed by atoms with Gasteiger partial charge in [0.2, 0.25) is 0 Å². The predicted molar refractivity (Wildman–Crippen MR) is 138 cm³/mol. The molecule has 0 unspecified atom stereocenters. The molecule has 7 nitrogen and oxygen atoms in total. The van der Waals surface area contributed by atoms with Gasteiger partial charge in [-0.1, -0.05) is 36.4 Å². The zero-order valence-corrected chi connectivity index (χ0v) is 20.1. The standard InChI is InChI=1S/C29H26O7/c1-34-22-10-4-19(5-11-22)16-23(24(30)12-6-20-8-14-26(32)28(17-20)35-2)25(31)13-7-21-9-15-27(33)29(18-21)36-3/h4-18,32-33H,1-3H3/b12-6+,13-7+. The molecule has 0 radical (unpaired) electrons. The number of benzene rings is 3. The van der Waals surface area contributed by atoms with Crippen molar-refractivity contribution in [3.05, 3.63) is 95.1 Å². The summed E-state index contributed by atoms with van der Waals surface area (Å²) in [5.74, 6) is 0.128. The van der Waals surface area contributed by atoms with Crippen LogP contribution in [0.4, 0.5) is 0 Å². The minimum absolute atomic E-state index is 0.0211. The molecule has 0 saturated heterocycles. The van der Waals surface area contributed by atoms with Crippen molar-refractivity contribution in [2.45, 2.75) is 0 Å². The number of ether oxygens (including phenoxy) is 3. The molecule has 2 N–H and O–H groups in total. The molecule has 0 bridgehead atoms. The molecule has 0 spiro atoms. The number of hydrogen-bond donors (Lipinski definition) is 2. The minimum atomic E-state index is -0.504. The lowest BCUT2D eigenvalue weighted by molar-refractivity contribution is -0.116. The molecule has 3 aromatic carbocycles. The van der Waals surface area contributed by atoms with Crippen LogP contribution < -0.4 is 14.2 Å². The highest BCUT2D eigenvalue weighted by molar-refractivity contribution is 6.31. The second kappa shape index (κ2) is 12.1. The van der Waals surface area contributed by atoms with E-state index in [4.69, 9.17) is 14.2 Å². The fraction of sp³-hybridized carbons (Fsp3) is 0.103. The number of aromatic hydroxyl groups is 2. The monoisotopic (exact) mass is 486 g/mol. The first-order valence-corrected chi connectivity index (χ1v) is 10.9. The number of ketones is 2. The summed E-state index contributed by atoms with van der Waals surface area (Å²) >= 11 is 0. The molecule has 0 heterocycles. The van der Waals surface area contributed by atoms with E-state index in [1.165, 1.54) is 56.7 Å². The van der Waals surface area contributed by atoms with E-state index in [1.54, 1.807) is 55.6 Å². The Balaban J connectivity index is 1.93. The summed E-state index contributed by atoms with van der Waals surface area (Å²) in [6.45, 7) is 0. The zero-order chi connectivity index (χ0) is 26.1. The van der Waals surface area contributed by atoms with Crippen LogP contribution in [-0.2, 0) is 9.59 Å². The van der Waals surface area contributed by atoms with Crippen molar-refractivity contribution in [3.8, 4) is 28.7 Å². The smallest absolute Gasteiger partial charge is 0.189 e. The van der Waals surface area contributed by atoms with Crippen LogP contribution in [0.25, 0.3) is 18.2 Å². The Morgan fingerprint density at radius 2 is 1.08 bits per heavy atom. The maximum absolute atomic E-state index is 13.1. The maximum Gasteiger partial charge on any atom is 0.189 e. The van der Waals surface area contributed by atoms with Crippen molar-refractivity contribution in [1.29, 1.82) is 0 Å². The number of phenolic OH excluding ortho intramolecular Hbond substituents is 2. The number of phenols is 2. The number of allylic oxidation sites excluding steroid dienone is 3. The Labute approximate surface area is 209 Å². The van der Waals surface area contributed by atoms with Crippen molar-refractivity contribution in [2.75, 3.05) is 21.3 Å². The van der Waals surface area contributed by atoms with Crippen LogP contribution in [0, 0.1) is 0 Å². The first kappa shape index (κ1) is 25.8. The highest BCUT2D eigenvalue weighted by atomic mass is 16.5. The van der Waals surface area contributed by atoms with E-state index in [1.807, 2.05) is 0 Å². The molecule has 3 aromatic rings. The molecule has 0 aliphatic carbocycles. The largest absolute Gasteiger partial charge is 0.504 e. The molecule has 7 heteroatoms. The molecule has 3 rings (SSSR count). The molecule has 0 atom stereocenters. The van der Waals surface area contributed by atoms with Gasteiger partial charge in [0, 0.05) is 0 Å². The molecule has 0 amide bonds. The molecular weight excluding hydrogens is 460 g/mol. The summed E-state index contributed by atoms with van der Waals surface area (Å²) in [7, 11) is 4.41. The van der Waals surface area contributed by atoms with Crippen LogP contribution in [0.2, 0.25) is 0 Å². The Bertz CT molecular complexity index is 1250. The molecule has 36 heavy (non-hydrogen) atoms. The Morgan fingerprint density at radius 3 is 1.50 bits per heavy atom. The summed E-state index contributed by atoms with van der Waals surface area (Å²) in [4.78, 5) is 26.2. The Hall–Kier alpha value is -4.78. The molecule has 0 aliphatic heterocycles. The molecule has 0 saturated carbocycles. The van der Waals surface area contributed by atoms with E-state index in [9.17, 15) is 19.8 Å². The SMILES string of the molecule is COc1ccc(C=C(C(=O)/C=C/c2ccc(O)c(OC)c2)C(=O)/C=C/c2ccc(O)c(OC)c2)cc1. The number of methoxy groups -OCH3 is 3. The summed E-state index contributed by atoms with van der Waals surface area (Å²) < 4.78 is 15.4. The zero-order valence-electron chi connectivity index (χ0n) is 20.1. The van der Waals surface area contributed by atoms with Gasteiger partial charge in [-0.05, 0) is 71.3 Å². The lowest BCUT2D eigenvalue weighted by Crippen LogP contribution is -2.08. The van der Waals surface area contributed by atoms with E-state index in [0.717, 1.165) is 0 Å². The van der Waals surface area contributed by atoms with Crippen LogP contribution in [0.3, 0.4) is 0 Å². The summed E-state index contributed by atoms with van der Waals surface area (Å²) in [5.41, 5.74) is 1.82. The van der Waals surface area contributed by atoms with Crippen molar-refractivity contribution in [3.63, 3.8) is 0 Å². The third kappa shape index (κ3) is 6.64. The van der Waals surface area contributed by atoms with Gasteiger partial charge in [0.05, 0.1) is 26.9 Å². The third-order valence-electron chi connectivity index (χ3n) is 5.22. The van der Waals surface area contributed by atoms with Gasteiger partial charge in [-0.3, -0.25) is 9.59 Å². The highest BCUT2D eigenvalue weighted by Crippen LogP contribution is 2.28. The fourth-order valence-electron chi connectivity index (χ4n) is 3.25.